The number of carbonyl (C=O) groups is 2. The van der Waals surface area contributed by atoms with E-state index in [4.69, 9.17) is 5.73 Å². The molecule has 17 nitrogen and oxygen atoms in total. The Kier molecular flexibility index (Phi) is 8.69. The Hall–Kier alpha value is -5.64. The van der Waals surface area contributed by atoms with Gasteiger partial charge in [0.1, 0.15) is 16.5 Å². The first kappa shape index (κ1) is 35.2. The van der Waals surface area contributed by atoms with Crippen molar-refractivity contribution in [2.75, 3.05) is 16.4 Å². The minimum absolute atomic E-state index is 0.00123. The third-order valence-corrected chi connectivity index (χ3v) is 10.3. The Balaban J connectivity index is 1.39. The summed E-state index contributed by atoms with van der Waals surface area (Å²) in [6.45, 7) is 1.51. The average molecular weight is 753 g/mol. The molecule has 262 valence electrons. The number of ketones is 2. The van der Waals surface area contributed by atoms with Crippen molar-refractivity contribution in [1.82, 2.24) is 15.0 Å². The number of nitrogen functional groups attached to an aromatic ring is 1. The molecule has 0 radical (unpaired) electrons. The molecular weight excluding hydrogens is 729 g/mol. The van der Waals surface area contributed by atoms with Crippen LogP contribution >= 0.6 is 0 Å². The molecule has 4 aromatic carbocycles. The summed E-state index contributed by atoms with van der Waals surface area (Å²) in [6, 6.07) is 15.3. The van der Waals surface area contributed by atoms with E-state index in [1.807, 2.05) is 0 Å². The number of aryl methyl sites for hydroxylation is 1. The van der Waals surface area contributed by atoms with E-state index < -0.39 is 63.0 Å². The second-order valence-electron chi connectivity index (χ2n) is 11.1. The van der Waals surface area contributed by atoms with Crippen molar-refractivity contribution in [3.8, 4) is 0 Å². The molecule has 0 aliphatic heterocycles. The molecule has 0 bridgehead atoms. The number of rotatable bonds is 9. The van der Waals surface area contributed by atoms with E-state index in [0.29, 0.717) is 0 Å². The van der Waals surface area contributed by atoms with Gasteiger partial charge in [0.2, 0.25) is 5.95 Å². The predicted octanol–water partition coefficient (Wildman–Crippen LogP) is 3.36. The van der Waals surface area contributed by atoms with E-state index in [1.165, 1.54) is 61.5 Å². The highest BCUT2D eigenvalue weighted by molar-refractivity contribution is 7.86. The standard InChI is InChI=1S/C31H24N6O11S3/c1-15-33-25(37-31(34-15)36-17-5-4-6-19(12-17)49(40,41)42)11-16-9-10-18(13-23(16)50(43,44)45)35-22-14-24(51(46,47)48)28(32)27-26(22)29(38)20-7-2-3-8-21(20)30(27)39/h2-10,12-14,35H,11,32H2,1H3,(H,40,41,42)(H,43,44,45)(H,46,47,48)(H,33,34,36,37). The normalized spacial score (nSPS) is 13.0. The fourth-order valence-electron chi connectivity index (χ4n) is 5.49. The molecule has 0 fully saturated rings. The molecule has 7 N–H and O–H groups in total. The lowest BCUT2D eigenvalue weighted by molar-refractivity contribution is 0.0980. The van der Waals surface area contributed by atoms with Crippen LogP contribution in [0.15, 0.2) is 87.5 Å². The summed E-state index contributed by atoms with van der Waals surface area (Å²) in [4.78, 5) is 37.8. The van der Waals surface area contributed by atoms with Crippen molar-refractivity contribution in [2.45, 2.75) is 28.0 Å². The molecule has 20 heteroatoms. The van der Waals surface area contributed by atoms with Crippen molar-refractivity contribution in [1.29, 1.82) is 0 Å². The number of benzene rings is 4. The van der Waals surface area contributed by atoms with Crippen LogP contribution in [0.2, 0.25) is 0 Å². The minimum atomic E-state index is -5.04. The van der Waals surface area contributed by atoms with E-state index in [-0.39, 0.29) is 68.2 Å². The van der Waals surface area contributed by atoms with Gasteiger partial charge in [-0.15, -0.1) is 0 Å². The number of fused-ring (bicyclic) bond motifs is 2. The van der Waals surface area contributed by atoms with Gasteiger partial charge < -0.3 is 16.4 Å². The molecule has 6 rings (SSSR count). The minimum Gasteiger partial charge on any atom is -0.397 e. The maximum atomic E-state index is 13.6. The summed E-state index contributed by atoms with van der Waals surface area (Å²) in [6.07, 6.45) is -0.285. The third kappa shape index (κ3) is 7.04. The smallest absolute Gasteiger partial charge is 0.296 e. The number of carbonyl (C=O) groups excluding carboxylic acids is 2. The van der Waals surface area contributed by atoms with Crippen LogP contribution < -0.4 is 16.4 Å². The van der Waals surface area contributed by atoms with Gasteiger partial charge in [0.15, 0.2) is 11.6 Å². The van der Waals surface area contributed by atoms with Gasteiger partial charge in [-0.1, -0.05) is 36.4 Å². The molecule has 0 saturated carbocycles. The van der Waals surface area contributed by atoms with Crippen LogP contribution in [0, 0.1) is 6.92 Å². The number of aromatic nitrogens is 3. The van der Waals surface area contributed by atoms with Gasteiger partial charge in [0.25, 0.3) is 30.4 Å². The van der Waals surface area contributed by atoms with E-state index >= 15 is 0 Å². The highest BCUT2D eigenvalue weighted by atomic mass is 32.2. The summed E-state index contributed by atoms with van der Waals surface area (Å²) < 4.78 is 102. The zero-order valence-electron chi connectivity index (χ0n) is 25.9. The molecule has 0 saturated heterocycles. The number of anilines is 5. The molecule has 5 aromatic rings. The zero-order valence-corrected chi connectivity index (χ0v) is 28.3. The van der Waals surface area contributed by atoms with Crippen LogP contribution in [0.25, 0.3) is 0 Å². The van der Waals surface area contributed by atoms with Crippen molar-refractivity contribution in [3.05, 3.63) is 112 Å². The van der Waals surface area contributed by atoms with E-state index in [1.54, 1.807) is 0 Å². The fraction of sp³-hybridized carbons (Fsp3) is 0.0645. The molecule has 1 aliphatic rings. The summed E-state index contributed by atoms with van der Waals surface area (Å²) >= 11 is 0. The van der Waals surface area contributed by atoms with Crippen LogP contribution in [0.1, 0.15) is 49.1 Å². The van der Waals surface area contributed by atoms with Crippen LogP contribution in [-0.2, 0) is 36.8 Å². The van der Waals surface area contributed by atoms with Crippen LogP contribution in [0.5, 0.6) is 0 Å². The number of nitrogens with zero attached hydrogens (tertiary/aromatic N) is 3. The van der Waals surface area contributed by atoms with E-state index in [9.17, 15) is 48.5 Å². The number of hydrogen-bond acceptors (Lipinski definition) is 14. The van der Waals surface area contributed by atoms with Crippen molar-refractivity contribution in [2.24, 2.45) is 0 Å². The first-order valence-corrected chi connectivity index (χ1v) is 18.7. The molecule has 1 heterocycles. The lowest BCUT2D eigenvalue weighted by Crippen LogP contribution is -2.25. The Bertz CT molecular complexity index is 2670. The summed E-state index contributed by atoms with van der Waals surface area (Å²) in [5.41, 5.74) is 4.28. The molecule has 0 amide bonds. The number of hydrogen-bond donors (Lipinski definition) is 6. The van der Waals surface area contributed by atoms with Crippen molar-refractivity contribution in [3.63, 3.8) is 0 Å². The average Bonchev–Trinajstić information content (AvgIpc) is 3.03. The first-order chi connectivity index (χ1) is 23.8. The molecular formula is C31H24N6O11S3. The van der Waals surface area contributed by atoms with E-state index in [2.05, 4.69) is 25.6 Å². The first-order valence-electron chi connectivity index (χ1n) is 14.4. The van der Waals surface area contributed by atoms with Crippen LogP contribution in [-0.4, -0.2) is 65.4 Å². The lowest BCUT2D eigenvalue weighted by atomic mass is 9.82. The van der Waals surface area contributed by atoms with Crippen LogP contribution in [0.4, 0.5) is 28.7 Å². The monoisotopic (exact) mass is 752 g/mol. The Morgan fingerprint density at radius 1 is 0.667 bits per heavy atom. The second kappa shape index (κ2) is 12.6. The molecule has 51 heavy (non-hydrogen) atoms. The van der Waals surface area contributed by atoms with Gasteiger partial charge in [0.05, 0.1) is 32.3 Å². The largest absolute Gasteiger partial charge is 0.397 e. The molecule has 1 aromatic heterocycles. The van der Waals surface area contributed by atoms with Gasteiger partial charge >= 0.3 is 0 Å². The van der Waals surface area contributed by atoms with Crippen LogP contribution in [0.3, 0.4) is 0 Å². The van der Waals surface area contributed by atoms with E-state index in [0.717, 1.165) is 18.2 Å². The highest BCUT2D eigenvalue weighted by Gasteiger charge is 2.36. The van der Waals surface area contributed by atoms with Crippen molar-refractivity contribution < 1.29 is 48.5 Å². The molecule has 0 spiro atoms. The van der Waals surface area contributed by atoms with Gasteiger partial charge in [-0.3, -0.25) is 23.2 Å². The summed E-state index contributed by atoms with van der Waals surface area (Å²) in [5, 5.41) is 5.51. The van der Waals surface area contributed by atoms with Gasteiger partial charge in [-0.2, -0.15) is 35.2 Å². The second-order valence-corrected chi connectivity index (χ2v) is 15.3. The highest BCUT2D eigenvalue weighted by Crippen LogP contribution is 2.40. The maximum Gasteiger partial charge on any atom is 0.296 e. The van der Waals surface area contributed by atoms with Crippen molar-refractivity contribution >= 4 is 70.6 Å². The maximum absolute atomic E-state index is 13.6. The zero-order chi connectivity index (χ0) is 37.0. The third-order valence-electron chi connectivity index (χ3n) is 7.63. The molecule has 1 aliphatic carbocycles. The van der Waals surface area contributed by atoms with Gasteiger partial charge in [0, 0.05) is 28.9 Å². The fourth-order valence-corrected chi connectivity index (χ4v) is 7.41. The quantitative estimate of drug-likeness (QED) is 0.0911. The lowest BCUT2D eigenvalue weighted by Gasteiger charge is -2.23. The molecule has 0 unspecified atom stereocenters. The summed E-state index contributed by atoms with van der Waals surface area (Å²) in [7, 11) is -14.5. The Morgan fingerprint density at radius 3 is 1.92 bits per heavy atom. The number of nitrogens with one attached hydrogen (secondary N) is 2. The Labute approximate surface area is 289 Å². The summed E-state index contributed by atoms with van der Waals surface area (Å²) in [5.74, 6) is -1.34. The number of nitrogens with two attached hydrogens (primary N) is 1. The molecule has 0 atom stereocenters. The SMILES string of the molecule is Cc1nc(Cc2ccc(Nc3cc(S(=O)(=O)O)c(N)c4c3C(=O)c3ccccc3C4=O)cc2S(=O)(=O)O)nc(Nc2cccc(S(=O)(=O)O)c2)n1. The van der Waals surface area contributed by atoms with Gasteiger partial charge in [-0.05, 0) is 48.9 Å². The predicted molar refractivity (Wildman–Crippen MR) is 180 cm³/mol. The van der Waals surface area contributed by atoms with Gasteiger partial charge in [-0.25, -0.2) is 4.98 Å². The Morgan fingerprint density at radius 2 is 1.29 bits per heavy atom. The topological polar surface area (TPSA) is 286 Å².